The van der Waals surface area contributed by atoms with E-state index < -0.39 is 66.4 Å². The second kappa shape index (κ2) is 13.8. The molecular formula is C17H30N4O8S. The highest BCUT2D eigenvalue weighted by atomic mass is 32.1. The Morgan fingerprint density at radius 1 is 0.967 bits per heavy atom. The molecule has 0 radical (unpaired) electrons. The molecule has 0 rings (SSSR count). The number of carboxylic acids is 2. The average Bonchev–Trinajstić information content (AvgIpc) is 2.70. The fourth-order valence-electron chi connectivity index (χ4n) is 2.29. The first-order valence-corrected chi connectivity index (χ1v) is 9.94. The highest BCUT2D eigenvalue weighted by Gasteiger charge is 2.32. The fourth-order valence-corrected chi connectivity index (χ4v) is 2.54. The number of carbonyl (C=O) groups is 5. The normalized spacial score (nSPS) is 15.8. The minimum Gasteiger partial charge on any atom is -0.481 e. The van der Waals surface area contributed by atoms with Gasteiger partial charge in [-0.15, -0.1) is 0 Å². The van der Waals surface area contributed by atoms with Crippen LogP contribution in [0.3, 0.4) is 0 Å². The summed E-state index contributed by atoms with van der Waals surface area (Å²) in [5, 5.41) is 33.6. The van der Waals surface area contributed by atoms with Crippen LogP contribution in [-0.4, -0.2) is 81.5 Å². The van der Waals surface area contributed by atoms with Gasteiger partial charge in [0.2, 0.25) is 17.7 Å². The molecule has 0 fully saturated rings. The van der Waals surface area contributed by atoms with Crippen LogP contribution in [0.25, 0.3) is 0 Å². The van der Waals surface area contributed by atoms with Gasteiger partial charge in [-0.05, 0) is 12.3 Å². The summed E-state index contributed by atoms with van der Waals surface area (Å²) in [4.78, 5) is 58.7. The molecule has 0 aromatic heterocycles. The van der Waals surface area contributed by atoms with Crippen LogP contribution in [0.15, 0.2) is 0 Å². The molecule has 0 aliphatic heterocycles. The van der Waals surface area contributed by atoms with Crippen LogP contribution in [0.2, 0.25) is 0 Å². The molecule has 0 saturated heterocycles. The first-order chi connectivity index (χ1) is 14.0. The zero-order valence-corrected chi connectivity index (χ0v) is 17.7. The zero-order chi connectivity index (χ0) is 23.4. The number of aliphatic hydroxyl groups is 1. The molecular weight excluding hydrogens is 420 g/mol. The summed E-state index contributed by atoms with van der Waals surface area (Å²) in [5.41, 5.74) is 5.61. The number of hydrogen-bond donors (Lipinski definition) is 8. The number of nitrogens with one attached hydrogen (secondary N) is 3. The Hall–Kier alpha value is -2.38. The van der Waals surface area contributed by atoms with Crippen LogP contribution in [0.5, 0.6) is 0 Å². The Balaban J connectivity index is 5.17. The molecule has 0 aromatic rings. The van der Waals surface area contributed by atoms with Crippen LogP contribution < -0.4 is 21.7 Å². The number of rotatable bonds is 14. The third-order valence-corrected chi connectivity index (χ3v) is 4.78. The summed E-state index contributed by atoms with van der Waals surface area (Å²) in [6.45, 7) is 2.60. The molecule has 0 aromatic carbocycles. The third-order valence-electron chi connectivity index (χ3n) is 4.41. The first-order valence-electron chi connectivity index (χ1n) is 9.31. The second-order valence-electron chi connectivity index (χ2n) is 6.74. The topological polar surface area (TPSA) is 208 Å². The molecule has 0 saturated carbocycles. The van der Waals surface area contributed by atoms with Crippen molar-refractivity contribution in [1.29, 1.82) is 0 Å². The van der Waals surface area contributed by atoms with Crippen molar-refractivity contribution in [1.82, 2.24) is 16.0 Å². The summed E-state index contributed by atoms with van der Waals surface area (Å²) in [7, 11) is 0. The number of thiol groups is 1. The third kappa shape index (κ3) is 9.41. The molecule has 0 bridgehead atoms. The number of aliphatic hydroxyl groups excluding tert-OH is 1. The van der Waals surface area contributed by atoms with Gasteiger partial charge in [0, 0.05) is 12.2 Å². The van der Waals surface area contributed by atoms with E-state index in [2.05, 4.69) is 28.6 Å². The molecule has 0 aliphatic rings. The maximum Gasteiger partial charge on any atom is 0.328 e. The van der Waals surface area contributed by atoms with Crippen LogP contribution >= 0.6 is 12.6 Å². The van der Waals surface area contributed by atoms with E-state index in [4.69, 9.17) is 21.1 Å². The summed E-state index contributed by atoms with van der Waals surface area (Å²) < 4.78 is 0. The molecule has 172 valence electrons. The maximum absolute atomic E-state index is 12.6. The van der Waals surface area contributed by atoms with Crippen LogP contribution in [-0.2, 0) is 24.0 Å². The minimum atomic E-state index is -1.53. The average molecular weight is 451 g/mol. The predicted molar refractivity (Wildman–Crippen MR) is 109 cm³/mol. The summed E-state index contributed by atoms with van der Waals surface area (Å²) in [6.07, 6.45) is 0.0170. The Bertz CT molecular complexity index is 633. The Labute approximate surface area is 179 Å². The van der Waals surface area contributed by atoms with E-state index in [0.29, 0.717) is 6.42 Å². The lowest BCUT2D eigenvalue weighted by atomic mass is 9.97. The van der Waals surface area contributed by atoms with Crippen LogP contribution in [0, 0.1) is 5.92 Å². The zero-order valence-electron chi connectivity index (χ0n) is 16.8. The lowest BCUT2D eigenvalue weighted by Crippen LogP contribution is -2.59. The number of nitrogens with two attached hydrogens (primary N) is 1. The van der Waals surface area contributed by atoms with E-state index in [-0.39, 0.29) is 18.6 Å². The number of aliphatic carboxylic acids is 2. The van der Waals surface area contributed by atoms with Gasteiger partial charge in [0.05, 0.1) is 12.6 Å². The largest absolute Gasteiger partial charge is 0.481 e. The van der Waals surface area contributed by atoms with Crippen molar-refractivity contribution in [2.75, 3.05) is 12.4 Å². The first kappa shape index (κ1) is 27.6. The Morgan fingerprint density at radius 3 is 1.97 bits per heavy atom. The van der Waals surface area contributed by atoms with Gasteiger partial charge in [-0.1, -0.05) is 20.3 Å². The molecule has 12 nitrogen and oxygen atoms in total. The number of carbonyl (C=O) groups excluding carboxylic acids is 3. The molecule has 5 atom stereocenters. The standard InChI is InChI=1S/C17H30N4O8S/c1-3-8(2)13(16(27)19-10(6-22)17(28)29)21-15(26)11(7-30)20-14(25)9(18)4-5-12(23)24/h8-11,13,22,30H,3-7,18H2,1-2H3,(H,19,27)(H,20,25)(H,21,26)(H,23,24)(H,28,29). The fraction of sp³-hybridized carbons (Fsp3) is 0.706. The molecule has 30 heavy (non-hydrogen) atoms. The molecule has 3 amide bonds. The maximum atomic E-state index is 12.6. The van der Waals surface area contributed by atoms with Crippen molar-refractivity contribution in [3.05, 3.63) is 0 Å². The van der Waals surface area contributed by atoms with E-state index in [1.165, 1.54) is 0 Å². The Morgan fingerprint density at radius 2 is 1.53 bits per heavy atom. The molecule has 5 unspecified atom stereocenters. The van der Waals surface area contributed by atoms with Crippen LogP contribution in [0.4, 0.5) is 0 Å². The number of hydrogen-bond acceptors (Lipinski definition) is 8. The second-order valence-corrected chi connectivity index (χ2v) is 7.10. The molecule has 0 spiro atoms. The van der Waals surface area contributed by atoms with Crippen molar-refractivity contribution in [2.24, 2.45) is 11.7 Å². The van der Waals surface area contributed by atoms with Gasteiger partial charge in [0.1, 0.15) is 18.1 Å². The van der Waals surface area contributed by atoms with E-state index in [1.807, 2.05) is 0 Å². The van der Waals surface area contributed by atoms with Crippen LogP contribution in [0.1, 0.15) is 33.1 Å². The van der Waals surface area contributed by atoms with Crippen molar-refractivity contribution >= 4 is 42.3 Å². The van der Waals surface area contributed by atoms with Gasteiger partial charge in [0.25, 0.3) is 0 Å². The number of carboxylic acid groups (broad SMARTS) is 2. The van der Waals surface area contributed by atoms with Gasteiger partial charge < -0.3 is 37.0 Å². The quantitative estimate of drug-likeness (QED) is 0.133. The summed E-state index contributed by atoms with van der Waals surface area (Å²) >= 11 is 4.01. The molecule has 0 aliphatic carbocycles. The van der Waals surface area contributed by atoms with E-state index in [1.54, 1.807) is 13.8 Å². The van der Waals surface area contributed by atoms with Crippen molar-refractivity contribution < 1.29 is 39.3 Å². The molecule has 8 N–H and O–H groups in total. The van der Waals surface area contributed by atoms with Crippen molar-refractivity contribution in [3.8, 4) is 0 Å². The van der Waals surface area contributed by atoms with E-state index in [0.717, 1.165) is 0 Å². The van der Waals surface area contributed by atoms with Gasteiger partial charge in [-0.2, -0.15) is 12.6 Å². The molecule has 0 heterocycles. The lowest BCUT2D eigenvalue weighted by molar-refractivity contribution is -0.143. The van der Waals surface area contributed by atoms with Gasteiger partial charge >= 0.3 is 11.9 Å². The lowest BCUT2D eigenvalue weighted by Gasteiger charge is -2.27. The van der Waals surface area contributed by atoms with E-state index >= 15 is 0 Å². The monoisotopic (exact) mass is 450 g/mol. The highest BCUT2D eigenvalue weighted by molar-refractivity contribution is 7.80. The van der Waals surface area contributed by atoms with E-state index in [9.17, 15) is 24.0 Å². The Kier molecular flexibility index (Phi) is 12.7. The summed E-state index contributed by atoms with van der Waals surface area (Å²) in [5.74, 6) is -5.38. The molecule has 13 heteroatoms. The minimum absolute atomic E-state index is 0.127. The number of amides is 3. The predicted octanol–water partition coefficient (Wildman–Crippen LogP) is -2.31. The SMILES string of the molecule is CCC(C)C(NC(=O)C(CS)NC(=O)C(N)CCC(=O)O)C(=O)NC(CO)C(=O)O. The smallest absolute Gasteiger partial charge is 0.328 e. The highest BCUT2D eigenvalue weighted by Crippen LogP contribution is 2.09. The van der Waals surface area contributed by atoms with Gasteiger partial charge in [-0.25, -0.2) is 4.79 Å². The summed E-state index contributed by atoms with van der Waals surface area (Å²) in [6, 6.07) is -4.97. The van der Waals surface area contributed by atoms with Gasteiger partial charge in [0.15, 0.2) is 0 Å². The van der Waals surface area contributed by atoms with Crippen molar-refractivity contribution in [2.45, 2.75) is 57.3 Å². The van der Waals surface area contributed by atoms with Crippen molar-refractivity contribution in [3.63, 3.8) is 0 Å². The van der Waals surface area contributed by atoms with Gasteiger partial charge in [-0.3, -0.25) is 19.2 Å².